The number of fused-ring (bicyclic) bond motifs is 1. The second-order valence-electron chi connectivity index (χ2n) is 4.59. The summed E-state index contributed by atoms with van der Waals surface area (Å²) >= 11 is 0. The molecule has 0 bridgehead atoms. The molecule has 1 nitrogen and oxygen atoms in total. The van der Waals surface area contributed by atoms with E-state index in [4.69, 9.17) is 0 Å². The summed E-state index contributed by atoms with van der Waals surface area (Å²) in [6, 6.07) is 4.50. The Morgan fingerprint density at radius 2 is 1.94 bits per heavy atom. The number of nitrogens with one attached hydrogen (secondary N) is 1. The number of rotatable bonds is 1. The smallest absolute Gasteiger partial charge is 0.384 e. The highest BCUT2D eigenvalue weighted by Gasteiger charge is 2.41. The number of hydrogen-bond acceptors (Lipinski definition) is 1. The zero-order valence-electron chi connectivity index (χ0n) is 8.64. The third-order valence-corrected chi connectivity index (χ3v) is 3.49. The molecule has 0 saturated heterocycles. The first-order chi connectivity index (χ1) is 7.57. The van der Waals surface area contributed by atoms with Gasteiger partial charge in [0.15, 0.2) is 0 Å². The van der Waals surface area contributed by atoms with Gasteiger partial charge in [0.25, 0.3) is 0 Å². The maximum atomic E-state index is 12.7. The van der Waals surface area contributed by atoms with Crippen LogP contribution in [0, 0.1) is 5.92 Å². The van der Waals surface area contributed by atoms with Gasteiger partial charge >= 0.3 is 6.18 Å². The highest BCUT2D eigenvalue weighted by molar-refractivity contribution is 5.64. The van der Waals surface area contributed by atoms with Crippen LogP contribution in [0.2, 0.25) is 0 Å². The van der Waals surface area contributed by atoms with Crippen LogP contribution >= 0.6 is 0 Å². The van der Waals surface area contributed by atoms with Crippen molar-refractivity contribution in [3.8, 4) is 0 Å². The minimum absolute atomic E-state index is 0.289. The van der Waals surface area contributed by atoms with Crippen LogP contribution in [0.3, 0.4) is 0 Å². The predicted molar refractivity (Wildman–Crippen MR) is 55.4 cm³/mol. The lowest BCUT2D eigenvalue weighted by molar-refractivity contribution is -0.136. The lowest BCUT2D eigenvalue weighted by Gasteiger charge is -2.12. The summed E-state index contributed by atoms with van der Waals surface area (Å²) in [6.45, 7) is 0.660. The molecule has 16 heavy (non-hydrogen) atoms. The zero-order chi connectivity index (χ0) is 11.3. The molecule has 1 heterocycles. The molecule has 1 aromatic rings. The van der Waals surface area contributed by atoms with Crippen molar-refractivity contribution in [2.75, 3.05) is 11.9 Å². The Balaban J connectivity index is 2.05. The highest BCUT2D eigenvalue weighted by Crippen LogP contribution is 2.50. The second kappa shape index (κ2) is 3.15. The molecule has 0 amide bonds. The number of halogens is 3. The standard InChI is InChI=1S/C12H12F3N/c13-12(14,15)10-3-1-2-8-9(7-4-5-7)6-16-11(8)10/h1-3,7,9,16H,4-6H2. The maximum absolute atomic E-state index is 12.7. The summed E-state index contributed by atoms with van der Waals surface area (Å²) in [5, 5.41) is 2.93. The Bertz CT molecular complexity index is 421. The molecule has 1 saturated carbocycles. The van der Waals surface area contributed by atoms with Crippen molar-refractivity contribution in [3.63, 3.8) is 0 Å². The summed E-state index contributed by atoms with van der Waals surface area (Å²) < 4.78 is 38.2. The minimum Gasteiger partial charge on any atom is -0.384 e. The molecular weight excluding hydrogens is 215 g/mol. The van der Waals surface area contributed by atoms with E-state index < -0.39 is 11.7 Å². The lowest BCUT2D eigenvalue weighted by atomic mass is 9.95. The van der Waals surface area contributed by atoms with Crippen LogP contribution in [0.5, 0.6) is 0 Å². The third kappa shape index (κ3) is 1.47. The third-order valence-electron chi connectivity index (χ3n) is 3.49. The summed E-state index contributed by atoms with van der Waals surface area (Å²) in [5.41, 5.74) is 0.650. The average Bonchev–Trinajstić information content (AvgIpc) is 2.96. The van der Waals surface area contributed by atoms with Gasteiger partial charge in [-0.1, -0.05) is 12.1 Å². The van der Waals surface area contributed by atoms with E-state index in [9.17, 15) is 13.2 Å². The van der Waals surface area contributed by atoms with E-state index in [-0.39, 0.29) is 5.92 Å². The normalized spacial score (nSPS) is 24.1. The Kier molecular flexibility index (Phi) is 1.97. The number of benzene rings is 1. The summed E-state index contributed by atoms with van der Waals surface area (Å²) in [6.07, 6.45) is -1.94. The van der Waals surface area contributed by atoms with Gasteiger partial charge in [0.05, 0.1) is 5.56 Å². The van der Waals surface area contributed by atoms with Gasteiger partial charge in [-0.25, -0.2) is 0 Å². The van der Waals surface area contributed by atoms with Gasteiger partial charge in [0, 0.05) is 18.2 Å². The second-order valence-corrected chi connectivity index (χ2v) is 4.59. The number of anilines is 1. The zero-order valence-corrected chi connectivity index (χ0v) is 8.64. The fraction of sp³-hybridized carbons (Fsp3) is 0.500. The van der Waals surface area contributed by atoms with Gasteiger partial charge in [0.2, 0.25) is 0 Å². The summed E-state index contributed by atoms with van der Waals surface area (Å²) in [4.78, 5) is 0. The molecule has 2 aliphatic rings. The fourth-order valence-electron chi connectivity index (χ4n) is 2.55. The van der Waals surface area contributed by atoms with Gasteiger partial charge in [-0.05, 0) is 30.4 Å². The van der Waals surface area contributed by atoms with Crippen molar-refractivity contribution in [2.45, 2.75) is 24.9 Å². The van der Waals surface area contributed by atoms with E-state index in [2.05, 4.69) is 5.32 Å². The largest absolute Gasteiger partial charge is 0.418 e. The molecule has 4 heteroatoms. The Hall–Kier alpha value is -1.19. The van der Waals surface area contributed by atoms with E-state index in [0.29, 0.717) is 18.2 Å². The first-order valence-electron chi connectivity index (χ1n) is 5.51. The van der Waals surface area contributed by atoms with Crippen LogP contribution in [-0.4, -0.2) is 6.54 Å². The molecule has 1 aliphatic carbocycles. The number of alkyl halides is 3. The van der Waals surface area contributed by atoms with Crippen LogP contribution in [0.25, 0.3) is 0 Å². The number of hydrogen-bond donors (Lipinski definition) is 1. The molecule has 1 aliphatic heterocycles. The van der Waals surface area contributed by atoms with Crippen LogP contribution in [0.1, 0.15) is 29.9 Å². The monoisotopic (exact) mass is 227 g/mol. The van der Waals surface area contributed by atoms with Crippen molar-refractivity contribution < 1.29 is 13.2 Å². The van der Waals surface area contributed by atoms with Gasteiger partial charge in [-0.2, -0.15) is 13.2 Å². The molecular formula is C12H12F3N. The van der Waals surface area contributed by atoms with Crippen LogP contribution in [0.4, 0.5) is 18.9 Å². The van der Waals surface area contributed by atoms with Crippen LogP contribution in [-0.2, 0) is 6.18 Å². The topological polar surface area (TPSA) is 12.0 Å². The number of para-hydroxylation sites is 1. The molecule has 1 unspecified atom stereocenters. The highest BCUT2D eigenvalue weighted by atomic mass is 19.4. The minimum atomic E-state index is -4.25. The van der Waals surface area contributed by atoms with Gasteiger partial charge < -0.3 is 5.32 Å². The molecule has 1 atom stereocenters. The van der Waals surface area contributed by atoms with Crippen molar-refractivity contribution in [1.29, 1.82) is 0 Å². The molecule has 0 radical (unpaired) electrons. The van der Waals surface area contributed by atoms with Crippen molar-refractivity contribution in [2.24, 2.45) is 5.92 Å². The van der Waals surface area contributed by atoms with Crippen molar-refractivity contribution >= 4 is 5.69 Å². The summed E-state index contributed by atoms with van der Waals surface area (Å²) in [7, 11) is 0. The van der Waals surface area contributed by atoms with E-state index in [0.717, 1.165) is 24.5 Å². The molecule has 3 rings (SSSR count). The van der Waals surface area contributed by atoms with Gasteiger partial charge in [-0.15, -0.1) is 0 Å². The molecule has 1 N–H and O–H groups in total. The summed E-state index contributed by atoms with van der Waals surface area (Å²) in [5.74, 6) is 0.884. The van der Waals surface area contributed by atoms with E-state index in [1.54, 1.807) is 0 Å². The van der Waals surface area contributed by atoms with E-state index in [1.807, 2.05) is 6.07 Å². The van der Waals surface area contributed by atoms with Crippen molar-refractivity contribution in [1.82, 2.24) is 0 Å². The SMILES string of the molecule is FC(F)(F)c1cccc2c1NCC2C1CC1. The van der Waals surface area contributed by atoms with E-state index >= 15 is 0 Å². The first kappa shape index (κ1) is 10.00. The van der Waals surface area contributed by atoms with Crippen LogP contribution < -0.4 is 5.32 Å². The van der Waals surface area contributed by atoms with E-state index in [1.165, 1.54) is 6.07 Å². The molecule has 1 aromatic carbocycles. The van der Waals surface area contributed by atoms with Crippen LogP contribution in [0.15, 0.2) is 18.2 Å². The predicted octanol–water partition coefficient (Wildman–Crippen LogP) is 3.62. The Morgan fingerprint density at radius 1 is 1.19 bits per heavy atom. The Labute approximate surface area is 91.7 Å². The van der Waals surface area contributed by atoms with Gasteiger partial charge in [0.1, 0.15) is 0 Å². The maximum Gasteiger partial charge on any atom is 0.418 e. The first-order valence-corrected chi connectivity index (χ1v) is 5.51. The molecule has 1 fully saturated rings. The lowest BCUT2D eigenvalue weighted by Crippen LogP contribution is -2.08. The molecule has 0 spiro atoms. The molecule has 0 aromatic heterocycles. The quantitative estimate of drug-likeness (QED) is 0.772. The van der Waals surface area contributed by atoms with Gasteiger partial charge in [-0.3, -0.25) is 0 Å². The van der Waals surface area contributed by atoms with Crippen molar-refractivity contribution in [3.05, 3.63) is 29.3 Å². The average molecular weight is 227 g/mol. The fourth-order valence-corrected chi connectivity index (χ4v) is 2.55. The molecule has 86 valence electrons. The Morgan fingerprint density at radius 3 is 2.56 bits per heavy atom.